The fraction of sp³-hybridized carbons (Fsp3) is 0.263. The van der Waals surface area contributed by atoms with E-state index >= 15 is 0 Å². The minimum absolute atomic E-state index is 0.0847. The second-order valence-corrected chi connectivity index (χ2v) is 6.16. The SMILES string of the molecule is N#Cc1ccccc1C(=O)N1CCC(Oc2ccc(Cl)cc2)CC1. The highest BCUT2D eigenvalue weighted by molar-refractivity contribution is 6.30. The van der Waals surface area contributed by atoms with Gasteiger partial charge in [-0.05, 0) is 36.4 Å². The van der Waals surface area contributed by atoms with Crippen molar-refractivity contribution in [1.29, 1.82) is 5.26 Å². The number of nitriles is 1. The van der Waals surface area contributed by atoms with Gasteiger partial charge in [0, 0.05) is 31.0 Å². The molecular weight excluding hydrogens is 324 g/mol. The Hall–Kier alpha value is -2.51. The van der Waals surface area contributed by atoms with E-state index in [0.29, 0.717) is 29.2 Å². The Morgan fingerprint density at radius 2 is 1.79 bits per heavy atom. The predicted molar refractivity (Wildman–Crippen MR) is 92.2 cm³/mol. The fourth-order valence-electron chi connectivity index (χ4n) is 2.82. The molecule has 3 rings (SSSR count). The van der Waals surface area contributed by atoms with E-state index in [1.807, 2.05) is 12.1 Å². The van der Waals surface area contributed by atoms with Crippen molar-refractivity contribution in [2.75, 3.05) is 13.1 Å². The molecule has 1 heterocycles. The monoisotopic (exact) mass is 340 g/mol. The van der Waals surface area contributed by atoms with Crippen LogP contribution >= 0.6 is 11.6 Å². The minimum atomic E-state index is -0.0860. The van der Waals surface area contributed by atoms with Crippen molar-refractivity contribution in [3.8, 4) is 11.8 Å². The maximum absolute atomic E-state index is 12.6. The molecule has 0 spiro atoms. The maximum atomic E-state index is 12.6. The van der Waals surface area contributed by atoms with E-state index in [4.69, 9.17) is 21.6 Å². The van der Waals surface area contributed by atoms with Gasteiger partial charge in [-0.3, -0.25) is 4.79 Å². The van der Waals surface area contributed by atoms with Crippen LogP contribution in [0.2, 0.25) is 5.02 Å². The van der Waals surface area contributed by atoms with Crippen molar-refractivity contribution in [3.63, 3.8) is 0 Å². The Kier molecular flexibility index (Phi) is 5.02. The number of piperidine rings is 1. The van der Waals surface area contributed by atoms with E-state index in [1.165, 1.54) is 0 Å². The third-order valence-corrected chi connectivity index (χ3v) is 4.38. The van der Waals surface area contributed by atoms with Gasteiger partial charge in [-0.15, -0.1) is 0 Å². The Morgan fingerprint density at radius 1 is 1.12 bits per heavy atom. The molecule has 0 unspecified atom stereocenters. The van der Waals surface area contributed by atoms with Crippen LogP contribution in [0.3, 0.4) is 0 Å². The quantitative estimate of drug-likeness (QED) is 0.851. The first-order chi connectivity index (χ1) is 11.7. The Morgan fingerprint density at radius 3 is 2.46 bits per heavy atom. The van der Waals surface area contributed by atoms with Crippen molar-refractivity contribution in [3.05, 3.63) is 64.7 Å². The molecule has 24 heavy (non-hydrogen) atoms. The average molecular weight is 341 g/mol. The predicted octanol–water partition coefficient (Wildman–Crippen LogP) is 3.90. The topological polar surface area (TPSA) is 53.3 Å². The van der Waals surface area contributed by atoms with Gasteiger partial charge in [0.2, 0.25) is 0 Å². The number of halogens is 1. The third-order valence-electron chi connectivity index (χ3n) is 4.12. The van der Waals surface area contributed by atoms with Crippen molar-refractivity contribution in [1.82, 2.24) is 4.90 Å². The van der Waals surface area contributed by atoms with Crippen LogP contribution in [0, 0.1) is 11.3 Å². The molecule has 1 amide bonds. The number of ether oxygens (including phenoxy) is 1. The Labute approximate surface area is 146 Å². The minimum Gasteiger partial charge on any atom is -0.490 e. The molecule has 5 heteroatoms. The molecule has 0 aliphatic carbocycles. The fourth-order valence-corrected chi connectivity index (χ4v) is 2.95. The lowest BCUT2D eigenvalue weighted by Crippen LogP contribution is -2.42. The zero-order chi connectivity index (χ0) is 16.9. The molecule has 2 aromatic rings. The number of likely N-dealkylation sites (tertiary alicyclic amines) is 1. The number of carbonyl (C=O) groups excluding carboxylic acids is 1. The normalized spacial score (nSPS) is 14.9. The summed E-state index contributed by atoms with van der Waals surface area (Å²) < 4.78 is 5.94. The number of hydrogen-bond donors (Lipinski definition) is 0. The molecule has 2 aromatic carbocycles. The lowest BCUT2D eigenvalue weighted by atomic mass is 10.0. The van der Waals surface area contributed by atoms with Crippen molar-refractivity contribution >= 4 is 17.5 Å². The summed E-state index contributed by atoms with van der Waals surface area (Å²) in [5.41, 5.74) is 0.888. The van der Waals surface area contributed by atoms with Gasteiger partial charge in [-0.1, -0.05) is 23.7 Å². The number of benzene rings is 2. The van der Waals surface area contributed by atoms with E-state index in [0.717, 1.165) is 18.6 Å². The summed E-state index contributed by atoms with van der Waals surface area (Å²) in [5.74, 6) is 0.705. The highest BCUT2D eigenvalue weighted by Crippen LogP contribution is 2.22. The van der Waals surface area contributed by atoms with Gasteiger partial charge in [0.25, 0.3) is 5.91 Å². The smallest absolute Gasteiger partial charge is 0.255 e. The van der Waals surface area contributed by atoms with Gasteiger partial charge in [0.05, 0.1) is 17.2 Å². The standard InChI is InChI=1S/C19H17ClN2O2/c20-15-5-7-16(8-6-15)24-17-9-11-22(12-10-17)19(23)18-4-2-1-3-14(18)13-21/h1-8,17H,9-12H2. The van der Waals surface area contributed by atoms with Gasteiger partial charge in [0.1, 0.15) is 11.9 Å². The van der Waals surface area contributed by atoms with Crippen molar-refractivity contribution < 1.29 is 9.53 Å². The Bertz CT molecular complexity index is 760. The molecule has 0 atom stereocenters. The van der Waals surface area contributed by atoms with E-state index in [2.05, 4.69) is 6.07 Å². The Balaban J connectivity index is 1.59. The number of rotatable bonds is 3. The molecule has 0 N–H and O–H groups in total. The van der Waals surface area contributed by atoms with Gasteiger partial charge in [-0.25, -0.2) is 0 Å². The van der Waals surface area contributed by atoms with E-state index in [1.54, 1.807) is 41.3 Å². The van der Waals surface area contributed by atoms with Crippen LogP contribution in [0.5, 0.6) is 5.75 Å². The molecule has 4 nitrogen and oxygen atoms in total. The summed E-state index contributed by atoms with van der Waals surface area (Å²) in [7, 11) is 0. The van der Waals surface area contributed by atoms with Gasteiger partial charge in [-0.2, -0.15) is 5.26 Å². The van der Waals surface area contributed by atoms with Crippen LogP contribution in [0.1, 0.15) is 28.8 Å². The number of carbonyl (C=O) groups is 1. The summed E-state index contributed by atoms with van der Waals surface area (Å²) >= 11 is 5.87. The van der Waals surface area contributed by atoms with Crippen molar-refractivity contribution in [2.24, 2.45) is 0 Å². The van der Waals surface area contributed by atoms with Crippen LogP contribution in [-0.2, 0) is 0 Å². The molecule has 0 bridgehead atoms. The lowest BCUT2D eigenvalue weighted by Gasteiger charge is -2.32. The summed E-state index contributed by atoms with van der Waals surface area (Å²) in [6.45, 7) is 1.24. The molecule has 1 fully saturated rings. The second kappa shape index (κ2) is 7.37. The highest BCUT2D eigenvalue weighted by atomic mass is 35.5. The summed E-state index contributed by atoms with van der Waals surface area (Å²) in [5, 5.41) is 9.82. The number of amides is 1. The third kappa shape index (κ3) is 3.69. The molecule has 1 aliphatic rings. The average Bonchev–Trinajstić information content (AvgIpc) is 2.63. The van der Waals surface area contributed by atoms with Crippen LogP contribution in [0.4, 0.5) is 0 Å². The molecule has 1 saturated heterocycles. The number of hydrogen-bond acceptors (Lipinski definition) is 3. The summed E-state index contributed by atoms with van der Waals surface area (Å²) in [6.07, 6.45) is 1.62. The molecule has 0 radical (unpaired) electrons. The lowest BCUT2D eigenvalue weighted by molar-refractivity contribution is 0.0595. The largest absolute Gasteiger partial charge is 0.490 e. The van der Waals surface area contributed by atoms with Crippen LogP contribution in [0.25, 0.3) is 0 Å². The molecule has 0 aromatic heterocycles. The van der Waals surface area contributed by atoms with Crippen molar-refractivity contribution in [2.45, 2.75) is 18.9 Å². The van der Waals surface area contributed by atoms with Crippen LogP contribution < -0.4 is 4.74 Å². The van der Waals surface area contributed by atoms with Crippen LogP contribution in [0.15, 0.2) is 48.5 Å². The molecule has 0 saturated carbocycles. The highest BCUT2D eigenvalue weighted by Gasteiger charge is 2.25. The first kappa shape index (κ1) is 16.4. The van der Waals surface area contributed by atoms with Crippen LogP contribution in [-0.4, -0.2) is 30.0 Å². The first-order valence-corrected chi connectivity index (χ1v) is 8.26. The first-order valence-electron chi connectivity index (χ1n) is 7.88. The maximum Gasteiger partial charge on any atom is 0.255 e. The van der Waals surface area contributed by atoms with Gasteiger partial charge in [0.15, 0.2) is 0 Å². The zero-order valence-electron chi connectivity index (χ0n) is 13.1. The summed E-state index contributed by atoms with van der Waals surface area (Å²) in [6, 6.07) is 16.3. The second-order valence-electron chi connectivity index (χ2n) is 5.72. The van der Waals surface area contributed by atoms with Gasteiger partial charge < -0.3 is 9.64 Å². The zero-order valence-corrected chi connectivity index (χ0v) is 13.9. The molecule has 1 aliphatic heterocycles. The van der Waals surface area contributed by atoms with E-state index < -0.39 is 0 Å². The molecule has 122 valence electrons. The molecular formula is C19H17ClN2O2. The van der Waals surface area contributed by atoms with Gasteiger partial charge >= 0.3 is 0 Å². The number of nitrogens with zero attached hydrogens (tertiary/aromatic N) is 2. The van der Waals surface area contributed by atoms with E-state index in [9.17, 15) is 4.79 Å². The summed E-state index contributed by atoms with van der Waals surface area (Å²) in [4.78, 5) is 14.4. The van der Waals surface area contributed by atoms with E-state index in [-0.39, 0.29) is 12.0 Å².